The molecule has 2 aromatic rings. The Morgan fingerprint density at radius 2 is 1.77 bits per heavy atom. The SMILES string of the molecule is CCOC(=O)[C@@H]1CCCN(C(=O)[C@H]2CCN(c3ccccc3-n3cccc3)C2=O)C1. The van der Waals surface area contributed by atoms with E-state index >= 15 is 0 Å². The molecule has 2 amide bonds. The number of carbonyl (C=O) groups excluding carboxylic acids is 3. The highest BCUT2D eigenvalue weighted by molar-refractivity contribution is 6.10. The van der Waals surface area contributed by atoms with Crippen LogP contribution in [0.15, 0.2) is 48.8 Å². The molecule has 0 radical (unpaired) electrons. The van der Waals surface area contributed by atoms with Gasteiger partial charge in [-0.3, -0.25) is 14.4 Å². The highest BCUT2D eigenvalue weighted by atomic mass is 16.5. The third-order valence-corrected chi connectivity index (χ3v) is 5.91. The zero-order valence-corrected chi connectivity index (χ0v) is 17.2. The van der Waals surface area contributed by atoms with Crippen molar-refractivity contribution in [3.8, 4) is 5.69 Å². The summed E-state index contributed by atoms with van der Waals surface area (Å²) >= 11 is 0. The Kier molecular flexibility index (Phi) is 5.88. The number of carbonyl (C=O) groups is 3. The molecule has 0 N–H and O–H groups in total. The van der Waals surface area contributed by atoms with Gasteiger partial charge in [0, 0.05) is 32.0 Å². The van der Waals surface area contributed by atoms with E-state index in [1.165, 1.54) is 0 Å². The van der Waals surface area contributed by atoms with E-state index in [9.17, 15) is 14.4 Å². The Bertz CT molecular complexity index is 924. The number of anilines is 1. The summed E-state index contributed by atoms with van der Waals surface area (Å²) in [6.45, 7) is 3.53. The first-order valence-electron chi connectivity index (χ1n) is 10.6. The first-order valence-corrected chi connectivity index (χ1v) is 10.6. The number of aromatic nitrogens is 1. The molecule has 0 bridgehead atoms. The molecule has 0 unspecified atom stereocenters. The lowest BCUT2D eigenvalue weighted by molar-refractivity contribution is -0.152. The summed E-state index contributed by atoms with van der Waals surface area (Å²) in [6, 6.07) is 11.6. The van der Waals surface area contributed by atoms with Crippen molar-refractivity contribution in [2.45, 2.75) is 26.2 Å². The van der Waals surface area contributed by atoms with Crippen LogP contribution in [0, 0.1) is 11.8 Å². The summed E-state index contributed by atoms with van der Waals surface area (Å²) in [4.78, 5) is 41.8. The molecule has 2 atom stereocenters. The molecular weight excluding hydrogens is 382 g/mol. The topological polar surface area (TPSA) is 71.8 Å². The normalized spacial score (nSPS) is 21.7. The van der Waals surface area contributed by atoms with E-state index in [1.54, 1.807) is 16.7 Å². The minimum absolute atomic E-state index is 0.169. The average molecular weight is 409 g/mol. The molecular formula is C23H27N3O4. The number of rotatable bonds is 5. The molecule has 0 aliphatic carbocycles. The molecule has 1 aromatic carbocycles. The summed E-state index contributed by atoms with van der Waals surface area (Å²) < 4.78 is 7.09. The smallest absolute Gasteiger partial charge is 0.310 e. The van der Waals surface area contributed by atoms with Gasteiger partial charge in [-0.05, 0) is 50.5 Å². The summed E-state index contributed by atoms with van der Waals surface area (Å²) in [7, 11) is 0. The van der Waals surface area contributed by atoms with Crippen molar-refractivity contribution in [1.29, 1.82) is 0 Å². The number of hydrogen-bond acceptors (Lipinski definition) is 4. The third-order valence-electron chi connectivity index (χ3n) is 5.91. The van der Waals surface area contributed by atoms with Gasteiger partial charge in [0.2, 0.25) is 11.8 Å². The average Bonchev–Trinajstić information content (AvgIpc) is 3.43. The lowest BCUT2D eigenvalue weighted by atomic mass is 9.96. The fraction of sp³-hybridized carbons (Fsp3) is 0.435. The van der Waals surface area contributed by atoms with E-state index in [4.69, 9.17) is 4.74 Å². The van der Waals surface area contributed by atoms with Crippen molar-refractivity contribution >= 4 is 23.5 Å². The van der Waals surface area contributed by atoms with E-state index in [-0.39, 0.29) is 23.7 Å². The minimum Gasteiger partial charge on any atom is -0.466 e. The van der Waals surface area contributed by atoms with Crippen LogP contribution in [0.4, 0.5) is 5.69 Å². The molecule has 4 rings (SSSR count). The van der Waals surface area contributed by atoms with E-state index in [0.717, 1.165) is 24.2 Å². The lowest BCUT2D eigenvalue weighted by Gasteiger charge is -2.33. The fourth-order valence-electron chi connectivity index (χ4n) is 4.40. The molecule has 7 heteroatoms. The standard InChI is InChI=1S/C23H27N3O4/c1-2-30-23(29)17-8-7-14-25(16-17)21(27)18-11-15-26(22(18)28)20-10-4-3-9-19(20)24-12-5-6-13-24/h3-6,9-10,12-13,17-18H,2,7-8,11,14-16H2,1H3/t17-,18-/m1/s1. The molecule has 1 aromatic heterocycles. The fourth-order valence-corrected chi connectivity index (χ4v) is 4.40. The highest BCUT2D eigenvalue weighted by Gasteiger charge is 2.42. The lowest BCUT2D eigenvalue weighted by Crippen LogP contribution is -2.46. The second-order valence-electron chi connectivity index (χ2n) is 7.79. The van der Waals surface area contributed by atoms with Gasteiger partial charge in [0.1, 0.15) is 5.92 Å². The number of benzene rings is 1. The summed E-state index contributed by atoms with van der Waals surface area (Å²) in [5.74, 6) is -1.59. The van der Waals surface area contributed by atoms with Crippen LogP contribution < -0.4 is 4.90 Å². The van der Waals surface area contributed by atoms with Crippen LogP contribution in [-0.4, -0.2) is 53.5 Å². The Morgan fingerprint density at radius 1 is 1.03 bits per heavy atom. The Balaban J connectivity index is 1.49. The molecule has 2 fully saturated rings. The van der Waals surface area contributed by atoms with Crippen molar-refractivity contribution in [3.63, 3.8) is 0 Å². The number of amides is 2. The zero-order chi connectivity index (χ0) is 21.1. The van der Waals surface area contributed by atoms with Crippen LogP contribution in [0.5, 0.6) is 0 Å². The number of ether oxygens (including phenoxy) is 1. The van der Waals surface area contributed by atoms with Crippen molar-refractivity contribution in [2.24, 2.45) is 11.8 Å². The summed E-state index contributed by atoms with van der Waals surface area (Å²) in [5.41, 5.74) is 1.71. The molecule has 158 valence electrons. The van der Waals surface area contributed by atoms with Gasteiger partial charge in [0.15, 0.2) is 0 Å². The third kappa shape index (κ3) is 3.84. The van der Waals surface area contributed by atoms with Gasteiger partial charge in [0.05, 0.1) is 23.9 Å². The maximum absolute atomic E-state index is 13.2. The number of para-hydroxylation sites is 2. The number of hydrogen-bond donors (Lipinski definition) is 0. The minimum atomic E-state index is -0.691. The van der Waals surface area contributed by atoms with Crippen molar-refractivity contribution in [3.05, 3.63) is 48.8 Å². The van der Waals surface area contributed by atoms with Crippen molar-refractivity contribution < 1.29 is 19.1 Å². The predicted molar refractivity (Wildman–Crippen MR) is 112 cm³/mol. The van der Waals surface area contributed by atoms with Gasteiger partial charge in [-0.25, -0.2) is 0 Å². The van der Waals surface area contributed by atoms with E-state index < -0.39 is 5.92 Å². The van der Waals surface area contributed by atoms with Crippen molar-refractivity contribution in [2.75, 3.05) is 31.1 Å². The van der Waals surface area contributed by atoms with Gasteiger partial charge < -0.3 is 19.1 Å². The van der Waals surface area contributed by atoms with Crippen LogP contribution >= 0.6 is 0 Å². The summed E-state index contributed by atoms with van der Waals surface area (Å²) in [6.07, 6.45) is 5.82. The van der Waals surface area contributed by atoms with E-state index in [1.807, 2.05) is 53.4 Å². The molecule has 3 heterocycles. The van der Waals surface area contributed by atoms with Gasteiger partial charge in [-0.1, -0.05) is 12.1 Å². The van der Waals surface area contributed by atoms with Crippen LogP contribution in [0.1, 0.15) is 26.2 Å². The molecule has 2 aliphatic heterocycles. The van der Waals surface area contributed by atoms with Gasteiger partial charge in [0.25, 0.3) is 0 Å². The van der Waals surface area contributed by atoms with Crippen molar-refractivity contribution in [1.82, 2.24) is 9.47 Å². The highest BCUT2D eigenvalue weighted by Crippen LogP contribution is 2.32. The number of piperidine rings is 1. The number of likely N-dealkylation sites (tertiary alicyclic amines) is 1. The molecule has 30 heavy (non-hydrogen) atoms. The first kappa shape index (κ1) is 20.2. The maximum Gasteiger partial charge on any atom is 0.310 e. The number of nitrogens with zero attached hydrogens (tertiary/aromatic N) is 3. The zero-order valence-electron chi connectivity index (χ0n) is 17.2. The van der Waals surface area contributed by atoms with E-state index in [0.29, 0.717) is 32.7 Å². The first-order chi connectivity index (χ1) is 14.6. The molecule has 0 saturated carbocycles. The number of esters is 1. The van der Waals surface area contributed by atoms with E-state index in [2.05, 4.69) is 0 Å². The Morgan fingerprint density at radius 3 is 2.50 bits per heavy atom. The quantitative estimate of drug-likeness (QED) is 0.562. The Labute approximate surface area is 176 Å². The maximum atomic E-state index is 13.2. The van der Waals surface area contributed by atoms with Gasteiger partial charge in [-0.15, -0.1) is 0 Å². The predicted octanol–water partition coefficient (Wildman–Crippen LogP) is 2.63. The molecule has 0 spiro atoms. The second kappa shape index (κ2) is 8.73. The second-order valence-corrected chi connectivity index (χ2v) is 7.79. The molecule has 7 nitrogen and oxygen atoms in total. The van der Waals surface area contributed by atoms with Gasteiger partial charge >= 0.3 is 5.97 Å². The molecule has 2 aliphatic rings. The monoisotopic (exact) mass is 409 g/mol. The Hall–Kier alpha value is -3.09. The summed E-state index contributed by atoms with van der Waals surface area (Å²) in [5, 5.41) is 0. The largest absolute Gasteiger partial charge is 0.466 e. The van der Waals surface area contributed by atoms with Crippen LogP contribution in [0.25, 0.3) is 5.69 Å². The molecule has 2 saturated heterocycles. The van der Waals surface area contributed by atoms with Crippen LogP contribution in [-0.2, 0) is 19.1 Å². The van der Waals surface area contributed by atoms with Crippen LogP contribution in [0.3, 0.4) is 0 Å². The van der Waals surface area contributed by atoms with Gasteiger partial charge in [-0.2, -0.15) is 0 Å². The van der Waals surface area contributed by atoms with Crippen LogP contribution in [0.2, 0.25) is 0 Å².